The van der Waals surface area contributed by atoms with Gasteiger partial charge in [0.1, 0.15) is 5.92 Å². The highest BCUT2D eigenvalue weighted by atomic mass is 32.2. The molecule has 8 nitrogen and oxygen atoms in total. The van der Waals surface area contributed by atoms with E-state index in [-0.39, 0.29) is 23.9 Å². The lowest BCUT2D eigenvalue weighted by Gasteiger charge is -2.18. The number of hydrogen-bond donors (Lipinski definition) is 1. The van der Waals surface area contributed by atoms with Crippen molar-refractivity contribution in [1.82, 2.24) is 4.31 Å². The Kier molecular flexibility index (Phi) is 6.67. The van der Waals surface area contributed by atoms with E-state index < -0.39 is 21.8 Å². The number of nitrogens with one attached hydrogen (secondary N) is 1. The minimum absolute atomic E-state index is 0.0287. The van der Waals surface area contributed by atoms with Gasteiger partial charge in [-0.25, -0.2) is 12.7 Å². The van der Waals surface area contributed by atoms with Crippen LogP contribution in [0.25, 0.3) is 0 Å². The molecule has 3 aromatic carbocycles. The number of benzene rings is 3. The highest BCUT2D eigenvalue weighted by molar-refractivity contribution is 7.89. The molecule has 1 unspecified atom stereocenters. The molecule has 9 heteroatoms. The number of rotatable bonds is 8. The molecule has 1 aliphatic rings. The molecule has 34 heavy (non-hydrogen) atoms. The third kappa shape index (κ3) is 4.95. The highest BCUT2D eigenvalue weighted by Gasteiger charge is 2.29. The molecule has 1 amide bonds. The van der Waals surface area contributed by atoms with Gasteiger partial charge in [-0.15, -0.1) is 0 Å². The molecular formula is C25H24N2O6S. The van der Waals surface area contributed by atoms with Crippen molar-refractivity contribution in [3.8, 4) is 11.5 Å². The van der Waals surface area contributed by atoms with Crippen molar-refractivity contribution in [2.75, 3.05) is 26.2 Å². The molecule has 1 N–H and O–H groups in total. The molecule has 1 atom stereocenters. The Labute approximate surface area is 198 Å². The summed E-state index contributed by atoms with van der Waals surface area (Å²) in [5.74, 6) is -0.863. The fourth-order valence-corrected chi connectivity index (χ4v) is 4.56. The fourth-order valence-electron chi connectivity index (χ4n) is 3.59. The standard InChI is InChI=1S/C25H24N2O6S/c1-27(2)34(30,31)20-10-6-7-17(13-20)14-21(24(28)18-8-4-3-5-9-18)25(29)26-19-11-12-22-23(15-19)33-16-32-22/h3-13,15,21H,14,16H2,1-2H3,(H,26,29). The number of hydrogen-bond acceptors (Lipinski definition) is 6. The number of ether oxygens (including phenoxy) is 2. The first-order chi connectivity index (χ1) is 16.3. The number of nitrogens with zero attached hydrogens (tertiary/aromatic N) is 1. The van der Waals surface area contributed by atoms with Gasteiger partial charge in [0.15, 0.2) is 17.3 Å². The zero-order chi connectivity index (χ0) is 24.3. The average Bonchev–Trinajstić information content (AvgIpc) is 3.30. The minimum atomic E-state index is -3.66. The molecular weight excluding hydrogens is 456 g/mol. The van der Waals surface area contributed by atoms with Gasteiger partial charge in [0.2, 0.25) is 22.7 Å². The first-order valence-electron chi connectivity index (χ1n) is 10.6. The van der Waals surface area contributed by atoms with Crippen molar-refractivity contribution in [3.05, 3.63) is 83.9 Å². The smallest absolute Gasteiger partial charge is 0.242 e. The molecule has 4 rings (SSSR count). The maximum Gasteiger partial charge on any atom is 0.242 e. The summed E-state index contributed by atoms with van der Waals surface area (Å²) < 4.78 is 36.9. The van der Waals surface area contributed by atoms with E-state index in [0.29, 0.717) is 28.3 Å². The summed E-state index contributed by atoms with van der Waals surface area (Å²) in [4.78, 5) is 26.7. The van der Waals surface area contributed by atoms with Gasteiger partial charge in [0, 0.05) is 31.4 Å². The van der Waals surface area contributed by atoms with Gasteiger partial charge in [-0.05, 0) is 36.2 Å². The second kappa shape index (κ2) is 9.66. The number of carbonyl (C=O) groups excluding carboxylic acids is 2. The van der Waals surface area contributed by atoms with Crippen molar-refractivity contribution in [2.45, 2.75) is 11.3 Å². The van der Waals surface area contributed by atoms with Crippen molar-refractivity contribution in [2.24, 2.45) is 5.92 Å². The van der Waals surface area contributed by atoms with Crippen molar-refractivity contribution < 1.29 is 27.5 Å². The van der Waals surface area contributed by atoms with E-state index in [1.54, 1.807) is 60.7 Å². The van der Waals surface area contributed by atoms with Crippen LogP contribution in [0.5, 0.6) is 11.5 Å². The van der Waals surface area contributed by atoms with Crippen LogP contribution < -0.4 is 14.8 Å². The SMILES string of the molecule is CN(C)S(=O)(=O)c1cccc(CC(C(=O)Nc2ccc3c(c2)OCO3)C(=O)c2ccccc2)c1. The maximum absolute atomic E-state index is 13.3. The molecule has 0 radical (unpaired) electrons. The maximum atomic E-state index is 13.3. The summed E-state index contributed by atoms with van der Waals surface area (Å²) in [6, 6.07) is 19.8. The van der Waals surface area contributed by atoms with Crippen LogP contribution in [-0.2, 0) is 21.2 Å². The number of sulfonamides is 1. The number of Topliss-reactive ketones (excluding diaryl/α,β-unsaturated/α-hetero) is 1. The minimum Gasteiger partial charge on any atom is -0.454 e. The molecule has 0 saturated heterocycles. The second-order valence-corrected chi connectivity index (χ2v) is 10.1. The van der Waals surface area contributed by atoms with Crippen LogP contribution >= 0.6 is 0 Å². The average molecular weight is 481 g/mol. The molecule has 0 aliphatic carbocycles. The zero-order valence-electron chi connectivity index (χ0n) is 18.7. The lowest BCUT2D eigenvalue weighted by atomic mass is 9.90. The normalized spacial score (nSPS) is 13.5. The Morgan fingerprint density at radius 2 is 1.68 bits per heavy atom. The van der Waals surface area contributed by atoms with E-state index in [0.717, 1.165) is 4.31 Å². The molecule has 0 aromatic heterocycles. The number of fused-ring (bicyclic) bond motifs is 1. The Bertz CT molecular complexity index is 1320. The predicted molar refractivity (Wildman–Crippen MR) is 126 cm³/mol. The predicted octanol–water partition coefficient (Wildman–Crippen LogP) is 3.35. The van der Waals surface area contributed by atoms with Crippen LogP contribution in [0.3, 0.4) is 0 Å². The van der Waals surface area contributed by atoms with Crippen LogP contribution in [0.2, 0.25) is 0 Å². The van der Waals surface area contributed by atoms with Crippen LogP contribution in [0.15, 0.2) is 77.7 Å². The van der Waals surface area contributed by atoms with E-state index in [1.165, 1.54) is 26.2 Å². The third-order valence-corrected chi connectivity index (χ3v) is 7.26. The molecule has 3 aromatic rings. The van der Waals surface area contributed by atoms with Gasteiger partial charge < -0.3 is 14.8 Å². The first-order valence-corrected chi connectivity index (χ1v) is 12.0. The topological polar surface area (TPSA) is 102 Å². The monoisotopic (exact) mass is 480 g/mol. The molecule has 0 fully saturated rings. The Hall–Kier alpha value is -3.69. The molecule has 1 aliphatic heterocycles. The van der Waals surface area contributed by atoms with Gasteiger partial charge in [0.05, 0.1) is 4.90 Å². The van der Waals surface area contributed by atoms with E-state index in [9.17, 15) is 18.0 Å². The fraction of sp³-hybridized carbons (Fsp3) is 0.200. The van der Waals surface area contributed by atoms with Crippen LogP contribution in [-0.4, -0.2) is 45.3 Å². The Morgan fingerprint density at radius 1 is 0.941 bits per heavy atom. The van der Waals surface area contributed by atoms with Crippen LogP contribution in [0.1, 0.15) is 15.9 Å². The Balaban J connectivity index is 1.64. The van der Waals surface area contributed by atoms with Crippen LogP contribution in [0.4, 0.5) is 5.69 Å². The van der Waals surface area contributed by atoms with E-state index in [1.807, 2.05) is 0 Å². The molecule has 0 bridgehead atoms. The van der Waals surface area contributed by atoms with Crippen molar-refractivity contribution in [3.63, 3.8) is 0 Å². The third-order valence-electron chi connectivity index (χ3n) is 5.45. The van der Waals surface area contributed by atoms with Crippen LogP contribution in [0, 0.1) is 5.92 Å². The lowest BCUT2D eigenvalue weighted by Crippen LogP contribution is -2.31. The van der Waals surface area contributed by atoms with Crippen molar-refractivity contribution >= 4 is 27.4 Å². The number of amides is 1. The van der Waals surface area contributed by atoms with Gasteiger partial charge >= 0.3 is 0 Å². The van der Waals surface area contributed by atoms with E-state index in [4.69, 9.17) is 9.47 Å². The summed E-state index contributed by atoms with van der Waals surface area (Å²) in [5.41, 5.74) is 1.41. The molecule has 0 saturated carbocycles. The van der Waals surface area contributed by atoms with E-state index >= 15 is 0 Å². The number of ketones is 1. The largest absolute Gasteiger partial charge is 0.454 e. The lowest BCUT2D eigenvalue weighted by molar-refractivity contribution is -0.118. The quantitative estimate of drug-likeness (QED) is 0.392. The van der Waals surface area contributed by atoms with Gasteiger partial charge in [-0.2, -0.15) is 0 Å². The van der Waals surface area contributed by atoms with Gasteiger partial charge in [-0.1, -0.05) is 42.5 Å². The summed E-state index contributed by atoms with van der Waals surface area (Å²) in [5, 5.41) is 2.78. The van der Waals surface area contributed by atoms with Gasteiger partial charge in [-0.3, -0.25) is 9.59 Å². The molecule has 1 heterocycles. The van der Waals surface area contributed by atoms with Gasteiger partial charge in [0.25, 0.3) is 0 Å². The summed E-state index contributed by atoms with van der Waals surface area (Å²) in [6.45, 7) is 0.105. The summed E-state index contributed by atoms with van der Waals surface area (Å²) in [6.07, 6.45) is 0.0287. The number of carbonyl (C=O) groups is 2. The highest BCUT2D eigenvalue weighted by Crippen LogP contribution is 2.34. The van der Waals surface area contributed by atoms with E-state index in [2.05, 4.69) is 5.32 Å². The summed E-state index contributed by atoms with van der Waals surface area (Å²) in [7, 11) is -0.766. The summed E-state index contributed by atoms with van der Waals surface area (Å²) >= 11 is 0. The number of anilines is 1. The van der Waals surface area contributed by atoms with Crippen molar-refractivity contribution in [1.29, 1.82) is 0 Å². The second-order valence-electron chi connectivity index (χ2n) is 7.98. The Morgan fingerprint density at radius 3 is 2.41 bits per heavy atom. The molecule has 176 valence electrons. The molecule has 0 spiro atoms. The first kappa shape index (κ1) is 23.5. The zero-order valence-corrected chi connectivity index (χ0v) is 19.5.